The Labute approximate surface area is 91.5 Å². The van der Waals surface area contributed by atoms with Gasteiger partial charge in [-0.25, -0.2) is 0 Å². The van der Waals surface area contributed by atoms with E-state index in [1.807, 2.05) is 25.1 Å². The number of rotatable bonds is 2. The highest BCUT2D eigenvalue weighted by atomic mass is 31.1. The zero-order valence-corrected chi connectivity index (χ0v) is 10.2. The molecule has 15 heavy (non-hydrogen) atoms. The Bertz CT molecular complexity index is 399. The highest BCUT2D eigenvalue weighted by Gasteiger charge is 2.29. The van der Waals surface area contributed by atoms with E-state index in [1.54, 1.807) is 0 Å². The number of carbonyl (C=O) groups excluding carboxylic acids is 1. The van der Waals surface area contributed by atoms with Crippen molar-refractivity contribution in [3.8, 4) is 5.75 Å². The number of carbonyl (C=O) groups is 1. The van der Waals surface area contributed by atoms with Crippen molar-refractivity contribution < 1.29 is 9.32 Å². The Kier molecular flexibility index (Phi) is 2.79. The summed E-state index contributed by atoms with van der Waals surface area (Å²) in [4.78, 5) is 11.8. The van der Waals surface area contributed by atoms with Crippen LogP contribution in [0.1, 0.15) is 22.8 Å². The van der Waals surface area contributed by atoms with Gasteiger partial charge < -0.3 is 4.52 Å². The standard InChI is InChI=1S/C12H15O2P/c1-8-7-10-9(12(8)13)5-4-6-11(10)14-15(2)3/h4-6,8H,7H2,1-3H3. The Morgan fingerprint density at radius 2 is 2.13 bits per heavy atom. The minimum atomic E-state index is -0.423. The summed E-state index contributed by atoms with van der Waals surface area (Å²) in [5.74, 6) is 1.28. The molecule has 0 N–H and O–H groups in total. The van der Waals surface area contributed by atoms with Gasteiger partial charge in [0, 0.05) is 17.0 Å². The fourth-order valence-electron chi connectivity index (χ4n) is 1.95. The van der Waals surface area contributed by atoms with Gasteiger partial charge in [0.1, 0.15) is 5.75 Å². The summed E-state index contributed by atoms with van der Waals surface area (Å²) in [5, 5.41) is 0. The molecule has 1 unspecified atom stereocenters. The number of ketones is 1. The van der Waals surface area contributed by atoms with E-state index in [9.17, 15) is 4.79 Å². The molecular formula is C12H15O2P. The summed E-state index contributed by atoms with van der Waals surface area (Å²) in [6, 6.07) is 5.77. The lowest BCUT2D eigenvalue weighted by Crippen LogP contribution is -2.02. The molecule has 0 fully saturated rings. The van der Waals surface area contributed by atoms with Crippen LogP contribution in [0.3, 0.4) is 0 Å². The van der Waals surface area contributed by atoms with Crippen LogP contribution in [0.25, 0.3) is 0 Å². The average molecular weight is 222 g/mol. The lowest BCUT2D eigenvalue weighted by molar-refractivity contribution is 0.0946. The van der Waals surface area contributed by atoms with Crippen molar-refractivity contribution in [2.45, 2.75) is 13.3 Å². The van der Waals surface area contributed by atoms with Crippen LogP contribution in [0.4, 0.5) is 0 Å². The van der Waals surface area contributed by atoms with Gasteiger partial charge in [0.25, 0.3) is 0 Å². The highest BCUT2D eigenvalue weighted by molar-refractivity contribution is 7.51. The normalized spacial score (nSPS) is 19.5. The summed E-state index contributed by atoms with van der Waals surface area (Å²) in [6.45, 7) is 6.11. The monoisotopic (exact) mass is 222 g/mol. The fraction of sp³-hybridized carbons (Fsp3) is 0.417. The third-order valence-electron chi connectivity index (χ3n) is 2.64. The van der Waals surface area contributed by atoms with Gasteiger partial charge in [-0.2, -0.15) is 0 Å². The SMILES string of the molecule is CC1Cc2c(OP(C)C)cccc2C1=O. The van der Waals surface area contributed by atoms with E-state index >= 15 is 0 Å². The number of Topliss-reactive ketones (excluding diaryl/α,β-unsaturated/α-hetero) is 1. The second-order valence-electron chi connectivity index (χ2n) is 4.16. The minimum Gasteiger partial charge on any atom is -0.474 e. The highest BCUT2D eigenvalue weighted by Crippen LogP contribution is 2.38. The van der Waals surface area contributed by atoms with E-state index in [-0.39, 0.29) is 11.7 Å². The predicted molar refractivity (Wildman–Crippen MR) is 63.0 cm³/mol. The molecule has 1 aliphatic rings. The van der Waals surface area contributed by atoms with Crippen LogP contribution < -0.4 is 4.52 Å². The van der Waals surface area contributed by atoms with E-state index in [1.165, 1.54) is 0 Å². The van der Waals surface area contributed by atoms with Gasteiger partial charge in [-0.1, -0.05) is 19.1 Å². The first-order chi connectivity index (χ1) is 7.09. The lowest BCUT2D eigenvalue weighted by atomic mass is 10.1. The fourth-order valence-corrected chi connectivity index (χ4v) is 2.52. The summed E-state index contributed by atoms with van der Waals surface area (Å²) < 4.78 is 5.77. The Hall–Kier alpha value is -0.880. The summed E-state index contributed by atoms with van der Waals surface area (Å²) in [6.07, 6.45) is 0.827. The largest absolute Gasteiger partial charge is 0.474 e. The van der Waals surface area contributed by atoms with E-state index in [2.05, 4.69) is 13.3 Å². The number of hydrogen-bond acceptors (Lipinski definition) is 2. The molecule has 0 amide bonds. The second kappa shape index (κ2) is 3.94. The third-order valence-corrected chi connectivity index (χ3v) is 3.20. The van der Waals surface area contributed by atoms with Gasteiger partial charge in [-0.05, 0) is 25.8 Å². The van der Waals surface area contributed by atoms with Gasteiger partial charge in [-0.3, -0.25) is 4.79 Å². The van der Waals surface area contributed by atoms with Gasteiger partial charge in [-0.15, -0.1) is 0 Å². The lowest BCUT2D eigenvalue weighted by Gasteiger charge is -2.12. The molecule has 1 atom stereocenters. The first-order valence-corrected chi connectivity index (χ1v) is 7.26. The molecule has 0 saturated heterocycles. The molecule has 0 heterocycles. The maximum atomic E-state index is 11.8. The molecule has 2 rings (SSSR count). The molecule has 1 aromatic carbocycles. The molecule has 0 saturated carbocycles. The molecule has 2 nitrogen and oxygen atoms in total. The first-order valence-electron chi connectivity index (χ1n) is 5.11. The van der Waals surface area contributed by atoms with Crippen LogP contribution in [0.5, 0.6) is 5.75 Å². The van der Waals surface area contributed by atoms with Gasteiger partial charge in [0.15, 0.2) is 5.78 Å². The average Bonchev–Trinajstić information content (AvgIpc) is 2.45. The Morgan fingerprint density at radius 1 is 1.40 bits per heavy atom. The Morgan fingerprint density at radius 3 is 2.80 bits per heavy atom. The maximum absolute atomic E-state index is 11.8. The van der Waals surface area contributed by atoms with Crippen molar-refractivity contribution in [3.63, 3.8) is 0 Å². The third kappa shape index (κ3) is 1.91. The van der Waals surface area contributed by atoms with E-state index in [0.717, 1.165) is 23.3 Å². The molecule has 0 spiro atoms. The summed E-state index contributed by atoms with van der Waals surface area (Å²) in [5.41, 5.74) is 1.96. The van der Waals surface area contributed by atoms with E-state index < -0.39 is 8.15 Å². The molecule has 0 aliphatic heterocycles. The quantitative estimate of drug-likeness (QED) is 0.719. The minimum absolute atomic E-state index is 0.115. The molecule has 3 heteroatoms. The van der Waals surface area contributed by atoms with Crippen LogP contribution in [0.2, 0.25) is 0 Å². The van der Waals surface area contributed by atoms with E-state index in [4.69, 9.17) is 4.52 Å². The van der Waals surface area contributed by atoms with Crippen molar-refractivity contribution in [1.82, 2.24) is 0 Å². The van der Waals surface area contributed by atoms with Gasteiger partial charge in [0.05, 0.1) is 8.15 Å². The predicted octanol–water partition coefficient (Wildman–Crippen LogP) is 3.10. The zero-order valence-electron chi connectivity index (χ0n) is 9.28. The molecule has 0 aromatic heterocycles. The first kappa shape index (κ1) is 10.6. The Balaban J connectivity index is 2.40. The maximum Gasteiger partial charge on any atom is 0.166 e. The van der Waals surface area contributed by atoms with Crippen LogP contribution in [0, 0.1) is 5.92 Å². The van der Waals surface area contributed by atoms with Crippen LogP contribution in [-0.2, 0) is 6.42 Å². The molecule has 0 bridgehead atoms. The van der Waals surface area contributed by atoms with Crippen molar-refractivity contribution in [1.29, 1.82) is 0 Å². The molecule has 1 aromatic rings. The summed E-state index contributed by atoms with van der Waals surface area (Å²) in [7, 11) is -0.423. The molecule has 0 radical (unpaired) electrons. The van der Waals surface area contributed by atoms with Crippen molar-refractivity contribution in [3.05, 3.63) is 29.3 Å². The topological polar surface area (TPSA) is 26.3 Å². The second-order valence-corrected chi connectivity index (χ2v) is 5.96. The van der Waals surface area contributed by atoms with E-state index in [0.29, 0.717) is 0 Å². The number of hydrogen-bond donors (Lipinski definition) is 0. The van der Waals surface area contributed by atoms with Crippen molar-refractivity contribution in [2.75, 3.05) is 13.3 Å². The van der Waals surface area contributed by atoms with Crippen LogP contribution in [0.15, 0.2) is 18.2 Å². The van der Waals surface area contributed by atoms with Crippen molar-refractivity contribution in [2.24, 2.45) is 5.92 Å². The van der Waals surface area contributed by atoms with Gasteiger partial charge in [0.2, 0.25) is 0 Å². The number of fused-ring (bicyclic) bond motifs is 1. The van der Waals surface area contributed by atoms with Gasteiger partial charge >= 0.3 is 0 Å². The zero-order chi connectivity index (χ0) is 11.0. The number of benzene rings is 1. The van der Waals surface area contributed by atoms with Crippen molar-refractivity contribution >= 4 is 13.9 Å². The smallest absolute Gasteiger partial charge is 0.166 e. The molecular weight excluding hydrogens is 207 g/mol. The van der Waals surface area contributed by atoms with Crippen LogP contribution >= 0.6 is 8.15 Å². The molecule has 80 valence electrons. The van der Waals surface area contributed by atoms with Crippen LogP contribution in [-0.4, -0.2) is 19.1 Å². The molecule has 1 aliphatic carbocycles. The summed E-state index contributed by atoms with van der Waals surface area (Å²) >= 11 is 0.